The fourth-order valence-electron chi connectivity index (χ4n) is 1.78. The van der Waals surface area contributed by atoms with Gasteiger partial charge in [-0.2, -0.15) is 0 Å². The zero-order chi connectivity index (χ0) is 13.1. The summed E-state index contributed by atoms with van der Waals surface area (Å²) in [7, 11) is 0. The average molecular weight is 263 g/mol. The highest BCUT2D eigenvalue weighted by atomic mass is 35.5. The van der Waals surface area contributed by atoms with Crippen LogP contribution in [-0.2, 0) is 0 Å². The molecule has 0 aliphatic rings. The third-order valence-corrected chi connectivity index (χ3v) is 3.32. The van der Waals surface area contributed by atoms with Crippen LogP contribution in [0.3, 0.4) is 0 Å². The maximum absolute atomic E-state index is 12.4. The summed E-state index contributed by atoms with van der Waals surface area (Å²) < 4.78 is 1.91. The molecule has 2 aromatic rings. The molecule has 0 amide bonds. The number of hydrogen-bond donors (Lipinski definition) is 0. The first kappa shape index (κ1) is 12.8. The van der Waals surface area contributed by atoms with E-state index >= 15 is 0 Å². The number of carbonyl (C=O) groups is 1. The van der Waals surface area contributed by atoms with E-state index < -0.39 is 0 Å². The molecule has 1 aromatic carbocycles. The topological polar surface area (TPSA) is 34.9 Å². The number of carbonyl (C=O) groups excluding carboxylic acids is 1. The van der Waals surface area contributed by atoms with Crippen molar-refractivity contribution in [1.82, 2.24) is 9.55 Å². The lowest BCUT2D eigenvalue weighted by atomic mass is 10.1. The highest BCUT2D eigenvalue weighted by molar-refractivity contribution is 6.30. The molecule has 4 heteroatoms. The zero-order valence-electron chi connectivity index (χ0n) is 10.4. The van der Waals surface area contributed by atoms with Gasteiger partial charge in [-0.05, 0) is 37.6 Å². The first-order chi connectivity index (χ1) is 8.63. The first-order valence-corrected chi connectivity index (χ1v) is 6.33. The van der Waals surface area contributed by atoms with E-state index in [0.717, 1.165) is 6.42 Å². The molecule has 0 saturated heterocycles. The number of aromatic nitrogens is 2. The van der Waals surface area contributed by atoms with E-state index in [9.17, 15) is 4.79 Å². The van der Waals surface area contributed by atoms with Gasteiger partial charge in [0.25, 0.3) is 0 Å². The normalized spacial score (nSPS) is 12.4. The van der Waals surface area contributed by atoms with Crippen LogP contribution >= 0.6 is 11.6 Å². The summed E-state index contributed by atoms with van der Waals surface area (Å²) >= 11 is 5.82. The molecule has 0 fully saturated rings. The summed E-state index contributed by atoms with van der Waals surface area (Å²) in [5.41, 5.74) is 1.25. The molecular weight excluding hydrogens is 248 g/mol. The number of ketones is 1. The molecule has 0 radical (unpaired) electrons. The Kier molecular flexibility index (Phi) is 3.82. The fourth-order valence-corrected chi connectivity index (χ4v) is 1.90. The maximum atomic E-state index is 12.4. The Bertz CT molecular complexity index is 545. The lowest BCUT2D eigenvalue weighted by molar-refractivity contribution is 0.102. The van der Waals surface area contributed by atoms with Crippen LogP contribution in [0.1, 0.15) is 42.4 Å². The molecule has 18 heavy (non-hydrogen) atoms. The molecular formula is C14H15ClN2O. The van der Waals surface area contributed by atoms with E-state index in [1.165, 1.54) is 0 Å². The molecule has 0 saturated carbocycles. The minimum atomic E-state index is -0.0236. The van der Waals surface area contributed by atoms with E-state index in [1.807, 2.05) is 4.57 Å². The summed E-state index contributed by atoms with van der Waals surface area (Å²) in [6.45, 7) is 4.15. The van der Waals surface area contributed by atoms with Gasteiger partial charge in [0.1, 0.15) is 5.69 Å². The summed E-state index contributed by atoms with van der Waals surface area (Å²) in [6.07, 6.45) is 4.28. The van der Waals surface area contributed by atoms with Crippen LogP contribution in [0.15, 0.2) is 36.8 Å². The van der Waals surface area contributed by atoms with Gasteiger partial charge in [0.05, 0.1) is 12.5 Å². The van der Waals surface area contributed by atoms with E-state index in [-0.39, 0.29) is 11.8 Å². The summed E-state index contributed by atoms with van der Waals surface area (Å²) in [5.74, 6) is -0.0236. The van der Waals surface area contributed by atoms with E-state index in [2.05, 4.69) is 18.8 Å². The van der Waals surface area contributed by atoms with Crippen LogP contribution in [-0.4, -0.2) is 15.3 Å². The molecule has 1 atom stereocenters. The minimum Gasteiger partial charge on any atom is -0.325 e. The second-order valence-electron chi connectivity index (χ2n) is 4.28. The number of halogens is 1. The van der Waals surface area contributed by atoms with E-state index in [1.54, 1.807) is 36.8 Å². The Hall–Kier alpha value is -1.61. The molecule has 0 N–H and O–H groups in total. The molecule has 1 unspecified atom stereocenters. The van der Waals surface area contributed by atoms with Crippen molar-refractivity contribution < 1.29 is 4.79 Å². The van der Waals surface area contributed by atoms with Crippen LogP contribution in [0.25, 0.3) is 0 Å². The third kappa shape index (κ3) is 2.46. The Morgan fingerprint density at radius 1 is 1.39 bits per heavy atom. The lowest BCUT2D eigenvalue weighted by Crippen LogP contribution is -2.12. The Morgan fingerprint density at radius 3 is 2.67 bits per heavy atom. The second-order valence-corrected chi connectivity index (χ2v) is 4.72. The Labute approximate surface area is 111 Å². The van der Waals surface area contributed by atoms with Crippen molar-refractivity contribution in [2.24, 2.45) is 0 Å². The molecule has 1 aromatic heterocycles. The first-order valence-electron chi connectivity index (χ1n) is 5.95. The highest BCUT2D eigenvalue weighted by Gasteiger charge is 2.16. The number of benzene rings is 1. The molecule has 0 aliphatic heterocycles. The Balaban J connectivity index is 2.34. The minimum absolute atomic E-state index is 0.0236. The van der Waals surface area contributed by atoms with Gasteiger partial charge in [-0.3, -0.25) is 4.79 Å². The molecule has 94 valence electrons. The van der Waals surface area contributed by atoms with Gasteiger partial charge in [-0.15, -0.1) is 0 Å². The molecule has 0 bridgehead atoms. The number of imidazole rings is 1. The largest absolute Gasteiger partial charge is 0.325 e. The summed E-state index contributed by atoms with van der Waals surface area (Å²) in [6, 6.07) is 7.17. The third-order valence-electron chi connectivity index (χ3n) is 3.07. The second kappa shape index (κ2) is 5.36. The molecule has 1 heterocycles. The van der Waals surface area contributed by atoms with Gasteiger partial charge in [-0.1, -0.05) is 18.5 Å². The number of hydrogen-bond acceptors (Lipinski definition) is 2. The molecule has 0 aliphatic carbocycles. The lowest BCUT2D eigenvalue weighted by Gasteiger charge is -2.13. The Morgan fingerprint density at radius 2 is 2.06 bits per heavy atom. The maximum Gasteiger partial charge on any atom is 0.211 e. The van der Waals surface area contributed by atoms with Crippen molar-refractivity contribution in [1.29, 1.82) is 0 Å². The standard InChI is InChI=1S/C14H15ClN2O/c1-3-10(2)17-9-16-8-13(17)14(18)11-4-6-12(15)7-5-11/h4-10H,3H2,1-2H3. The SMILES string of the molecule is CCC(C)n1cncc1C(=O)c1ccc(Cl)cc1. The van der Waals surface area contributed by atoms with E-state index in [4.69, 9.17) is 11.6 Å². The van der Waals surface area contributed by atoms with Crippen LogP contribution in [0, 0.1) is 0 Å². The average Bonchev–Trinajstić information content (AvgIpc) is 2.87. The van der Waals surface area contributed by atoms with Crippen molar-refractivity contribution in [3.63, 3.8) is 0 Å². The number of rotatable bonds is 4. The van der Waals surface area contributed by atoms with Crippen molar-refractivity contribution in [2.75, 3.05) is 0 Å². The number of nitrogens with zero attached hydrogens (tertiary/aromatic N) is 2. The van der Waals surface area contributed by atoms with Gasteiger partial charge in [-0.25, -0.2) is 4.98 Å². The van der Waals surface area contributed by atoms with Crippen LogP contribution < -0.4 is 0 Å². The van der Waals surface area contributed by atoms with Gasteiger partial charge < -0.3 is 4.57 Å². The fraction of sp³-hybridized carbons (Fsp3) is 0.286. The summed E-state index contributed by atoms with van der Waals surface area (Å²) in [5, 5.41) is 0.627. The van der Waals surface area contributed by atoms with Crippen LogP contribution in [0.2, 0.25) is 5.02 Å². The van der Waals surface area contributed by atoms with Crippen molar-refractivity contribution >= 4 is 17.4 Å². The smallest absolute Gasteiger partial charge is 0.211 e. The summed E-state index contributed by atoms with van der Waals surface area (Å²) in [4.78, 5) is 16.4. The monoisotopic (exact) mass is 262 g/mol. The van der Waals surface area contributed by atoms with Crippen molar-refractivity contribution in [3.8, 4) is 0 Å². The van der Waals surface area contributed by atoms with Crippen molar-refractivity contribution in [3.05, 3.63) is 53.1 Å². The predicted molar refractivity (Wildman–Crippen MR) is 72.1 cm³/mol. The van der Waals surface area contributed by atoms with E-state index in [0.29, 0.717) is 16.3 Å². The van der Waals surface area contributed by atoms with Gasteiger partial charge in [0.2, 0.25) is 5.78 Å². The van der Waals surface area contributed by atoms with Gasteiger partial charge in [0.15, 0.2) is 0 Å². The van der Waals surface area contributed by atoms with Crippen LogP contribution in [0.5, 0.6) is 0 Å². The zero-order valence-corrected chi connectivity index (χ0v) is 11.2. The molecule has 2 rings (SSSR count). The van der Waals surface area contributed by atoms with Crippen LogP contribution in [0.4, 0.5) is 0 Å². The highest BCUT2D eigenvalue weighted by Crippen LogP contribution is 2.18. The van der Waals surface area contributed by atoms with Gasteiger partial charge in [0, 0.05) is 16.6 Å². The predicted octanol–water partition coefficient (Wildman–Crippen LogP) is 3.74. The van der Waals surface area contributed by atoms with Crippen molar-refractivity contribution in [2.45, 2.75) is 26.3 Å². The quantitative estimate of drug-likeness (QED) is 0.787. The molecule has 3 nitrogen and oxygen atoms in total. The molecule has 0 spiro atoms. The van der Waals surface area contributed by atoms with Gasteiger partial charge >= 0.3 is 0 Å².